The molecule has 8 nitrogen and oxygen atoms in total. The van der Waals surface area contributed by atoms with Crippen molar-refractivity contribution < 1.29 is 28.5 Å². The normalized spacial score (nSPS) is 15.3. The number of benzene rings is 2. The van der Waals surface area contributed by atoms with Gasteiger partial charge in [0.2, 0.25) is 12.7 Å². The number of rotatable bonds is 8. The van der Waals surface area contributed by atoms with E-state index in [1.54, 1.807) is 27.9 Å². The summed E-state index contributed by atoms with van der Waals surface area (Å²) in [6, 6.07) is 14.2. The van der Waals surface area contributed by atoms with Gasteiger partial charge < -0.3 is 29.6 Å². The Bertz CT molecular complexity index is 957. The highest BCUT2D eigenvalue weighted by molar-refractivity contribution is 5.86. The van der Waals surface area contributed by atoms with E-state index in [1.807, 2.05) is 55.5 Å². The second kappa shape index (κ2) is 10.6. The van der Waals surface area contributed by atoms with Crippen LogP contribution >= 0.6 is 0 Å². The third-order valence-corrected chi connectivity index (χ3v) is 5.29. The lowest BCUT2D eigenvalue weighted by molar-refractivity contribution is -0.124. The summed E-state index contributed by atoms with van der Waals surface area (Å²) < 4.78 is 21.8. The number of fused-ring (bicyclic) bond motifs is 1. The van der Waals surface area contributed by atoms with Crippen LogP contribution in [0.4, 0.5) is 4.79 Å². The molecule has 0 spiro atoms. The Morgan fingerprint density at radius 1 is 1.03 bits per heavy atom. The van der Waals surface area contributed by atoms with Crippen molar-refractivity contribution in [1.82, 2.24) is 10.6 Å². The molecule has 2 N–H and O–H groups in total. The van der Waals surface area contributed by atoms with Gasteiger partial charge in [0, 0.05) is 19.6 Å². The van der Waals surface area contributed by atoms with Crippen LogP contribution in [0.2, 0.25) is 0 Å². The lowest BCUT2D eigenvalue weighted by Gasteiger charge is -2.27. The molecule has 2 amide bonds. The molecule has 1 heterocycles. The van der Waals surface area contributed by atoms with Crippen molar-refractivity contribution in [2.45, 2.75) is 51.4 Å². The van der Waals surface area contributed by atoms with Gasteiger partial charge in [-0.05, 0) is 44.0 Å². The molecule has 0 fully saturated rings. The van der Waals surface area contributed by atoms with E-state index in [0.717, 1.165) is 11.1 Å². The second-order valence-electron chi connectivity index (χ2n) is 8.91. The average Bonchev–Trinajstić information content (AvgIpc) is 3.25. The quantitative estimate of drug-likeness (QED) is 0.625. The van der Waals surface area contributed by atoms with Crippen molar-refractivity contribution >= 4 is 12.0 Å². The van der Waals surface area contributed by atoms with Gasteiger partial charge >= 0.3 is 6.09 Å². The minimum absolute atomic E-state index is 0.183. The highest BCUT2D eigenvalue weighted by Gasteiger charge is 2.30. The molecule has 1 aliphatic heterocycles. The maximum atomic E-state index is 13.2. The van der Waals surface area contributed by atoms with E-state index in [9.17, 15) is 9.59 Å². The van der Waals surface area contributed by atoms with Crippen LogP contribution < -0.4 is 20.1 Å². The molecule has 3 rings (SSSR count). The zero-order valence-electron chi connectivity index (χ0n) is 19.7. The number of carbonyl (C=O) groups excluding carboxylic acids is 2. The number of ether oxygens (including phenoxy) is 4. The third kappa shape index (κ3) is 6.61. The van der Waals surface area contributed by atoms with Crippen LogP contribution in [0.3, 0.4) is 0 Å². The largest absolute Gasteiger partial charge is 0.454 e. The molecular weight excluding hydrogens is 424 g/mol. The summed E-state index contributed by atoms with van der Waals surface area (Å²) in [7, 11) is 1.57. The Morgan fingerprint density at radius 2 is 1.73 bits per heavy atom. The Kier molecular flexibility index (Phi) is 7.81. The summed E-state index contributed by atoms with van der Waals surface area (Å²) in [5, 5.41) is 5.65. The van der Waals surface area contributed by atoms with Gasteiger partial charge in [0.1, 0.15) is 11.6 Å². The molecule has 0 saturated carbocycles. The summed E-state index contributed by atoms with van der Waals surface area (Å²) in [4.78, 5) is 25.7. The lowest BCUT2D eigenvalue weighted by atomic mass is 9.92. The molecule has 8 heteroatoms. The molecule has 0 bridgehead atoms. The second-order valence-corrected chi connectivity index (χ2v) is 8.91. The van der Waals surface area contributed by atoms with Crippen LogP contribution in [0, 0.1) is 0 Å². The molecule has 0 aliphatic carbocycles. The smallest absolute Gasteiger partial charge is 0.408 e. The van der Waals surface area contributed by atoms with E-state index in [0.29, 0.717) is 11.5 Å². The number of hydrogen-bond acceptors (Lipinski definition) is 6. The number of alkyl carbamates (subject to hydrolysis) is 1. The molecular formula is C25H32N2O6. The van der Waals surface area contributed by atoms with Crippen LogP contribution in [-0.4, -0.2) is 44.1 Å². The number of amides is 2. The molecule has 3 atom stereocenters. The summed E-state index contributed by atoms with van der Waals surface area (Å²) in [5.74, 6) is 0.698. The first-order chi connectivity index (χ1) is 15.7. The van der Waals surface area contributed by atoms with Crippen LogP contribution in [-0.2, 0) is 14.3 Å². The third-order valence-electron chi connectivity index (χ3n) is 5.29. The monoisotopic (exact) mass is 456 g/mol. The van der Waals surface area contributed by atoms with E-state index < -0.39 is 23.8 Å². The Hall–Kier alpha value is -3.26. The van der Waals surface area contributed by atoms with E-state index in [-0.39, 0.29) is 25.2 Å². The molecule has 2 aromatic rings. The van der Waals surface area contributed by atoms with E-state index in [1.165, 1.54) is 0 Å². The fourth-order valence-corrected chi connectivity index (χ4v) is 3.56. The zero-order valence-corrected chi connectivity index (χ0v) is 19.7. The molecule has 0 aromatic heterocycles. The number of hydrogen-bond donors (Lipinski definition) is 2. The van der Waals surface area contributed by atoms with Crippen molar-refractivity contribution in [3.05, 3.63) is 59.7 Å². The van der Waals surface area contributed by atoms with Gasteiger partial charge in [-0.2, -0.15) is 0 Å². The maximum Gasteiger partial charge on any atom is 0.408 e. The molecule has 0 saturated heterocycles. The van der Waals surface area contributed by atoms with E-state index >= 15 is 0 Å². The summed E-state index contributed by atoms with van der Waals surface area (Å²) >= 11 is 0. The molecule has 2 aromatic carbocycles. The van der Waals surface area contributed by atoms with E-state index in [2.05, 4.69) is 10.6 Å². The molecule has 0 radical (unpaired) electrons. The van der Waals surface area contributed by atoms with Crippen molar-refractivity contribution in [2.75, 3.05) is 20.4 Å². The Labute approximate surface area is 194 Å². The SMILES string of the molecule is COC(CNC(=O)C(NC(=O)OC(C)(C)C)C(C)c1ccccc1)c1ccc2c(c1)OCO2. The number of carbonyl (C=O) groups is 2. The minimum atomic E-state index is -0.837. The summed E-state index contributed by atoms with van der Waals surface area (Å²) in [6.07, 6.45) is -1.05. The van der Waals surface area contributed by atoms with Crippen molar-refractivity contribution in [3.8, 4) is 11.5 Å². The van der Waals surface area contributed by atoms with Gasteiger partial charge in [-0.3, -0.25) is 4.79 Å². The highest BCUT2D eigenvalue weighted by Crippen LogP contribution is 2.34. The van der Waals surface area contributed by atoms with Gasteiger partial charge in [-0.15, -0.1) is 0 Å². The Balaban J connectivity index is 1.72. The Morgan fingerprint density at radius 3 is 2.39 bits per heavy atom. The topological polar surface area (TPSA) is 95.1 Å². The fourth-order valence-electron chi connectivity index (χ4n) is 3.56. The zero-order chi connectivity index (χ0) is 24.0. The molecule has 1 aliphatic rings. The van der Waals surface area contributed by atoms with Gasteiger partial charge in [-0.1, -0.05) is 43.3 Å². The number of methoxy groups -OCH3 is 1. The number of nitrogens with one attached hydrogen (secondary N) is 2. The molecule has 178 valence electrons. The van der Waals surface area contributed by atoms with Gasteiger partial charge in [0.15, 0.2) is 11.5 Å². The van der Waals surface area contributed by atoms with Crippen LogP contribution in [0.5, 0.6) is 11.5 Å². The van der Waals surface area contributed by atoms with Crippen LogP contribution in [0.15, 0.2) is 48.5 Å². The first kappa shape index (κ1) is 24.4. The standard InChI is InChI=1S/C25H32N2O6/c1-16(17-9-7-6-8-10-17)22(27-24(29)33-25(2,3)4)23(28)26-14-21(30-5)18-11-12-19-20(13-18)32-15-31-19/h6-13,16,21-22H,14-15H2,1-5H3,(H,26,28)(H,27,29). The van der Waals surface area contributed by atoms with E-state index in [4.69, 9.17) is 18.9 Å². The van der Waals surface area contributed by atoms with Crippen molar-refractivity contribution in [1.29, 1.82) is 0 Å². The summed E-state index contributed by atoms with van der Waals surface area (Å²) in [6.45, 7) is 7.61. The fraction of sp³-hybridized carbons (Fsp3) is 0.440. The first-order valence-electron chi connectivity index (χ1n) is 10.9. The summed E-state index contributed by atoms with van der Waals surface area (Å²) in [5.41, 5.74) is 1.09. The van der Waals surface area contributed by atoms with Gasteiger partial charge in [0.25, 0.3) is 0 Å². The van der Waals surface area contributed by atoms with Gasteiger partial charge in [-0.25, -0.2) is 4.79 Å². The first-order valence-corrected chi connectivity index (χ1v) is 10.9. The van der Waals surface area contributed by atoms with Gasteiger partial charge in [0.05, 0.1) is 6.10 Å². The highest BCUT2D eigenvalue weighted by atomic mass is 16.7. The maximum absolute atomic E-state index is 13.2. The average molecular weight is 457 g/mol. The van der Waals surface area contributed by atoms with Crippen molar-refractivity contribution in [2.24, 2.45) is 0 Å². The molecule has 33 heavy (non-hydrogen) atoms. The van der Waals surface area contributed by atoms with Crippen LogP contribution in [0.25, 0.3) is 0 Å². The predicted molar refractivity (Wildman–Crippen MR) is 123 cm³/mol. The molecule has 3 unspecified atom stereocenters. The van der Waals surface area contributed by atoms with Crippen LogP contribution in [0.1, 0.15) is 50.8 Å². The lowest BCUT2D eigenvalue weighted by Crippen LogP contribution is -2.51. The van der Waals surface area contributed by atoms with Crippen molar-refractivity contribution in [3.63, 3.8) is 0 Å². The minimum Gasteiger partial charge on any atom is -0.454 e. The predicted octanol–water partition coefficient (Wildman–Crippen LogP) is 3.92.